The van der Waals surface area contributed by atoms with E-state index in [9.17, 15) is 19.7 Å². The van der Waals surface area contributed by atoms with Gasteiger partial charge < -0.3 is 16.0 Å². The van der Waals surface area contributed by atoms with Crippen LogP contribution >= 0.6 is 0 Å². The molecule has 1 aromatic rings. The molecule has 1 atom stereocenters. The maximum absolute atomic E-state index is 11.7. The van der Waals surface area contributed by atoms with E-state index in [1.165, 1.54) is 24.3 Å². The average molecular weight is 278 g/mol. The van der Waals surface area contributed by atoms with Crippen molar-refractivity contribution in [3.05, 3.63) is 34.4 Å². The lowest BCUT2D eigenvalue weighted by molar-refractivity contribution is -0.384. The molecule has 1 fully saturated rings. The van der Waals surface area contributed by atoms with Crippen LogP contribution in [0.4, 0.5) is 16.2 Å². The van der Waals surface area contributed by atoms with Gasteiger partial charge >= 0.3 is 6.03 Å². The van der Waals surface area contributed by atoms with Crippen LogP contribution in [0, 0.1) is 10.1 Å². The van der Waals surface area contributed by atoms with E-state index < -0.39 is 11.0 Å². The largest absolute Gasteiger partial charge is 0.354 e. The molecular formula is C12H14N4O4. The molecule has 106 valence electrons. The van der Waals surface area contributed by atoms with E-state index in [0.717, 1.165) is 0 Å². The summed E-state index contributed by atoms with van der Waals surface area (Å²) in [7, 11) is 0. The van der Waals surface area contributed by atoms with Gasteiger partial charge in [-0.3, -0.25) is 14.9 Å². The smallest absolute Gasteiger partial charge is 0.319 e. The van der Waals surface area contributed by atoms with Crippen LogP contribution in [0.25, 0.3) is 0 Å². The number of nitro groups is 1. The number of rotatable bonds is 3. The summed E-state index contributed by atoms with van der Waals surface area (Å²) in [6.07, 6.45) is 0.988. The number of anilines is 1. The molecule has 0 aliphatic carbocycles. The number of non-ortho nitro benzene ring substituents is 1. The maximum atomic E-state index is 11.7. The summed E-state index contributed by atoms with van der Waals surface area (Å²) in [4.78, 5) is 32.7. The van der Waals surface area contributed by atoms with Crippen LogP contribution in [-0.4, -0.2) is 29.4 Å². The molecule has 1 aliphatic heterocycles. The van der Waals surface area contributed by atoms with Crippen LogP contribution in [0.1, 0.15) is 12.8 Å². The van der Waals surface area contributed by atoms with Gasteiger partial charge in [0.25, 0.3) is 5.69 Å². The zero-order valence-corrected chi connectivity index (χ0v) is 10.6. The summed E-state index contributed by atoms with van der Waals surface area (Å²) in [5, 5.41) is 18.5. The van der Waals surface area contributed by atoms with Gasteiger partial charge in [-0.2, -0.15) is 0 Å². The Morgan fingerprint density at radius 3 is 2.60 bits per heavy atom. The second-order valence-electron chi connectivity index (χ2n) is 4.44. The minimum Gasteiger partial charge on any atom is -0.354 e. The molecule has 0 radical (unpaired) electrons. The van der Waals surface area contributed by atoms with Crippen molar-refractivity contribution in [3.8, 4) is 0 Å². The standard InChI is InChI=1S/C12H14N4O4/c17-11-6-3-9(7-13-11)15-12(18)14-8-1-4-10(5-2-8)16(19)20/h1-2,4-5,9H,3,6-7H2,(H,13,17)(H2,14,15,18). The Balaban J connectivity index is 1.85. The third-order valence-electron chi connectivity index (χ3n) is 2.94. The van der Waals surface area contributed by atoms with Gasteiger partial charge in [0.15, 0.2) is 0 Å². The molecule has 1 aliphatic rings. The number of hydrogen-bond donors (Lipinski definition) is 3. The summed E-state index contributed by atoms with van der Waals surface area (Å²) in [5.74, 6) is -0.0150. The highest BCUT2D eigenvalue weighted by atomic mass is 16.6. The second kappa shape index (κ2) is 6.00. The molecule has 8 heteroatoms. The van der Waals surface area contributed by atoms with E-state index in [4.69, 9.17) is 0 Å². The van der Waals surface area contributed by atoms with Gasteiger partial charge in [-0.05, 0) is 18.6 Å². The van der Waals surface area contributed by atoms with Crippen LogP contribution in [0.15, 0.2) is 24.3 Å². The van der Waals surface area contributed by atoms with E-state index in [1.54, 1.807) is 0 Å². The maximum Gasteiger partial charge on any atom is 0.319 e. The minimum absolute atomic E-state index is 0.0150. The third kappa shape index (κ3) is 3.67. The predicted octanol–water partition coefficient (Wildman–Crippen LogP) is 0.995. The van der Waals surface area contributed by atoms with Crippen molar-refractivity contribution < 1.29 is 14.5 Å². The van der Waals surface area contributed by atoms with Gasteiger partial charge in [-0.15, -0.1) is 0 Å². The average Bonchev–Trinajstić information content (AvgIpc) is 2.42. The lowest BCUT2D eigenvalue weighted by atomic mass is 10.1. The molecule has 8 nitrogen and oxygen atoms in total. The Morgan fingerprint density at radius 2 is 2.05 bits per heavy atom. The number of nitrogens with one attached hydrogen (secondary N) is 3. The summed E-state index contributed by atoms with van der Waals surface area (Å²) in [5.41, 5.74) is 0.430. The van der Waals surface area contributed by atoms with Gasteiger partial charge in [0, 0.05) is 36.8 Å². The van der Waals surface area contributed by atoms with Crippen molar-refractivity contribution in [2.75, 3.05) is 11.9 Å². The molecule has 3 N–H and O–H groups in total. The number of amides is 3. The Bertz CT molecular complexity index is 519. The number of piperidine rings is 1. The molecule has 1 saturated heterocycles. The zero-order valence-electron chi connectivity index (χ0n) is 10.6. The van der Waals surface area contributed by atoms with Crippen molar-refractivity contribution in [2.24, 2.45) is 0 Å². The third-order valence-corrected chi connectivity index (χ3v) is 2.94. The minimum atomic E-state index is -0.505. The molecule has 2 rings (SSSR count). The number of carbonyl (C=O) groups is 2. The van der Waals surface area contributed by atoms with Gasteiger partial charge in [0.05, 0.1) is 4.92 Å². The van der Waals surface area contributed by atoms with Crippen molar-refractivity contribution in [3.63, 3.8) is 0 Å². The van der Waals surface area contributed by atoms with Crippen LogP contribution in [0.3, 0.4) is 0 Å². The molecule has 0 spiro atoms. The van der Waals surface area contributed by atoms with Gasteiger partial charge in [-0.25, -0.2) is 4.79 Å². The Labute approximate surface area is 114 Å². The zero-order chi connectivity index (χ0) is 14.5. The second-order valence-corrected chi connectivity index (χ2v) is 4.44. The first-order chi connectivity index (χ1) is 9.54. The van der Waals surface area contributed by atoms with Crippen molar-refractivity contribution >= 4 is 23.3 Å². The molecule has 0 saturated carbocycles. The molecule has 1 heterocycles. The first-order valence-corrected chi connectivity index (χ1v) is 6.13. The molecule has 0 aromatic heterocycles. The predicted molar refractivity (Wildman–Crippen MR) is 71.3 cm³/mol. The fourth-order valence-electron chi connectivity index (χ4n) is 1.88. The van der Waals surface area contributed by atoms with Gasteiger partial charge in [0.2, 0.25) is 5.91 Å². The Morgan fingerprint density at radius 1 is 1.35 bits per heavy atom. The summed E-state index contributed by atoms with van der Waals surface area (Å²) in [6, 6.07) is 5.04. The van der Waals surface area contributed by atoms with Crippen molar-refractivity contribution in [1.82, 2.24) is 10.6 Å². The number of urea groups is 1. The van der Waals surface area contributed by atoms with Crippen LogP contribution in [0.5, 0.6) is 0 Å². The molecule has 20 heavy (non-hydrogen) atoms. The summed E-state index contributed by atoms with van der Waals surface area (Å²) < 4.78 is 0. The summed E-state index contributed by atoms with van der Waals surface area (Å²) >= 11 is 0. The highest BCUT2D eigenvalue weighted by Gasteiger charge is 2.19. The van der Waals surface area contributed by atoms with E-state index in [1.807, 2.05) is 0 Å². The summed E-state index contributed by atoms with van der Waals surface area (Å²) in [6.45, 7) is 0.409. The number of nitrogens with zero attached hydrogens (tertiary/aromatic N) is 1. The highest BCUT2D eigenvalue weighted by Crippen LogP contribution is 2.15. The lowest BCUT2D eigenvalue weighted by Gasteiger charge is -2.23. The topological polar surface area (TPSA) is 113 Å². The first-order valence-electron chi connectivity index (χ1n) is 6.13. The van der Waals surface area contributed by atoms with E-state index in [2.05, 4.69) is 16.0 Å². The van der Waals surface area contributed by atoms with E-state index in [0.29, 0.717) is 25.1 Å². The molecular weight excluding hydrogens is 264 g/mol. The molecule has 3 amide bonds. The van der Waals surface area contributed by atoms with Gasteiger partial charge in [-0.1, -0.05) is 0 Å². The SMILES string of the molecule is O=C1CCC(NC(=O)Nc2ccc([N+](=O)[O-])cc2)CN1. The van der Waals surface area contributed by atoms with E-state index >= 15 is 0 Å². The normalized spacial score (nSPS) is 18.0. The highest BCUT2D eigenvalue weighted by molar-refractivity contribution is 5.89. The first kappa shape index (κ1) is 13.8. The fourth-order valence-corrected chi connectivity index (χ4v) is 1.88. The van der Waals surface area contributed by atoms with Crippen LogP contribution in [-0.2, 0) is 4.79 Å². The fraction of sp³-hybridized carbons (Fsp3) is 0.333. The van der Waals surface area contributed by atoms with E-state index in [-0.39, 0.29) is 17.6 Å². The monoisotopic (exact) mass is 278 g/mol. The van der Waals surface area contributed by atoms with Crippen LogP contribution in [0.2, 0.25) is 0 Å². The van der Waals surface area contributed by atoms with Crippen LogP contribution < -0.4 is 16.0 Å². The molecule has 1 unspecified atom stereocenters. The lowest BCUT2D eigenvalue weighted by Crippen LogP contribution is -2.48. The number of benzene rings is 1. The Hall–Kier alpha value is -2.64. The van der Waals surface area contributed by atoms with Crippen molar-refractivity contribution in [1.29, 1.82) is 0 Å². The van der Waals surface area contributed by atoms with Crippen molar-refractivity contribution in [2.45, 2.75) is 18.9 Å². The molecule has 1 aromatic carbocycles. The number of hydrogen-bond acceptors (Lipinski definition) is 4. The number of nitro benzene ring substituents is 1. The Kier molecular flexibility index (Phi) is 4.14. The quantitative estimate of drug-likeness (QED) is 0.565. The number of carbonyl (C=O) groups excluding carboxylic acids is 2. The van der Waals surface area contributed by atoms with Gasteiger partial charge in [0.1, 0.15) is 0 Å². The molecule has 0 bridgehead atoms.